The van der Waals surface area contributed by atoms with E-state index in [1.807, 2.05) is 95.8 Å². The molecule has 1 aliphatic rings. The van der Waals surface area contributed by atoms with Gasteiger partial charge in [0.25, 0.3) is 0 Å². The summed E-state index contributed by atoms with van der Waals surface area (Å²) in [4.78, 5) is 12.4. The molecule has 2 heterocycles. The number of thioether (sulfide) groups is 1. The number of para-hydroxylation sites is 1. The third kappa shape index (κ3) is 4.95. The maximum Gasteiger partial charge on any atom is 0.239 e. The lowest BCUT2D eigenvalue weighted by atomic mass is 10.1. The molecule has 1 atom stereocenters. The minimum absolute atomic E-state index is 0.0965. The second-order valence-corrected chi connectivity index (χ2v) is 9.22. The lowest BCUT2D eigenvalue weighted by Gasteiger charge is -2.06. The Hall–Kier alpha value is -3.68. The SMILES string of the molecule is O=C1N/C(=N\N=Cc2cn(-c3ccccc3)nc2-c2ccccc2)SC1Cc1ccccc1Cl. The van der Waals surface area contributed by atoms with E-state index in [0.717, 1.165) is 28.1 Å². The number of carbonyl (C=O) groups excluding carboxylic acids is 1. The monoisotopic (exact) mass is 485 g/mol. The number of hydrogen-bond acceptors (Lipinski definition) is 5. The van der Waals surface area contributed by atoms with E-state index in [1.54, 1.807) is 6.21 Å². The van der Waals surface area contributed by atoms with Crippen molar-refractivity contribution in [1.29, 1.82) is 0 Å². The standard InChI is InChI=1S/C26H20ClN5OS/c27-22-14-8-7-11-19(22)15-23-25(33)29-26(34-23)30-28-16-20-17-32(21-12-5-2-6-13-21)31-24(20)18-9-3-1-4-10-18/h1-14,16-17,23H,15H2,(H,29,30,33). The van der Waals surface area contributed by atoms with E-state index in [1.165, 1.54) is 11.8 Å². The summed E-state index contributed by atoms with van der Waals surface area (Å²) in [6, 6.07) is 27.4. The largest absolute Gasteiger partial charge is 0.303 e. The molecule has 8 heteroatoms. The summed E-state index contributed by atoms with van der Waals surface area (Å²) in [5, 5.41) is 16.9. The van der Waals surface area contributed by atoms with Gasteiger partial charge in [0, 0.05) is 22.3 Å². The number of hydrogen-bond donors (Lipinski definition) is 1. The minimum atomic E-state index is -0.297. The molecule has 168 valence electrons. The van der Waals surface area contributed by atoms with E-state index < -0.39 is 0 Å². The number of carbonyl (C=O) groups is 1. The van der Waals surface area contributed by atoms with Crippen molar-refractivity contribution in [2.75, 3.05) is 0 Å². The fraction of sp³-hybridized carbons (Fsp3) is 0.0769. The molecule has 1 amide bonds. The highest BCUT2D eigenvalue weighted by Gasteiger charge is 2.30. The number of nitrogens with one attached hydrogen (secondary N) is 1. The second kappa shape index (κ2) is 10.1. The van der Waals surface area contributed by atoms with E-state index >= 15 is 0 Å². The Kier molecular flexibility index (Phi) is 6.56. The first-order chi connectivity index (χ1) is 16.7. The van der Waals surface area contributed by atoms with Gasteiger partial charge in [-0.25, -0.2) is 4.68 Å². The lowest BCUT2D eigenvalue weighted by molar-refractivity contribution is -0.118. The van der Waals surface area contributed by atoms with Crippen molar-refractivity contribution in [3.05, 3.63) is 107 Å². The lowest BCUT2D eigenvalue weighted by Crippen LogP contribution is -2.26. The van der Waals surface area contributed by atoms with E-state index in [9.17, 15) is 4.79 Å². The molecule has 1 saturated heterocycles. The third-order valence-corrected chi connectivity index (χ3v) is 6.74. The van der Waals surface area contributed by atoms with Crippen LogP contribution in [0.4, 0.5) is 0 Å². The molecule has 34 heavy (non-hydrogen) atoms. The van der Waals surface area contributed by atoms with Crippen molar-refractivity contribution >= 4 is 40.7 Å². The Labute approximate surface area is 206 Å². The van der Waals surface area contributed by atoms with Crippen LogP contribution in [0.2, 0.25) is 5.02 Å². The fourth-order valence-corrected chi connectivity index (χ4v) is 4.77. The predicted octanol–water partition coefficient (Wildman–Crippen LogP) is 5.36. The van der Waals surface area contributed by atoms with E-state index in [0.29, 0.717) is 16.6 Å². The van der Waals surface area contributed by atoms with Gasteiger partial charge in [-0.2, -0.15) is 10.2 Å². The first kappa shape index (κ1) is 22.1. The van der Waals surface area contributed by atoms with Crippen molar-refractivity contribution in [2.24, 2.45) is 10.2 Å². The van der Waals surface area contributed by atoms with Gasteiger partial charge in [-0.05, 0) is 30.2 Å². The number of aromatic nitrogens is 2. The number of benzene rings is 3. The summed E-state index contributed by atoms with van der Waals surface area (Å²) in [5.74, 6) is -0.0965. The van der Waals surface area contributed by atoms with Gasteiger partial charge in [-0.15, -0.1) is 5.10 Å². The molecule has 1 unspecified atom stereocenters. The molecular weight excluding hydrogens is 466 g/mol. The van der Waals surface area contributed by atoms with Crippen LogP contribution in [0.5, 0.6) is 0 Å². The van der Waals surface area contributed by atoms with E-state index in [-0.39, 0.29) is 11.2 Å². The molecule has 5 rings (SSSR count). The number of nitrogens with zero attached hydrogens (tertiary/aromatic N) is 4. The van der Waals surface area contributed by atoms with Crippen LogP contribution in [0.15, 0.2) is 101 Å². The zero-order chi connectivity index (χ0) is 23.3. The van der Waals surface area contributed by atoms with Crippen LogP contribution in [-0.2, 0) is 11.2 Å². The summed E-state index contributed by atoms with van der Waals surface area (Å²) >= 11 is 7.60. The minimum Gasteiger partial charge on any atom is -0.303 e. The summed E-state index contributed by atoms with van der Waals surface area (Å²) in [6.45, 7) is 0. The van der Waals surface area contributed by atoms with Gasteiger partial charge in [0.05, 0.1) is 17.2 Å². The predicted molar refractivity (Wildman–Crippen MR) is 139 cm³/mol. The number of amides is 1. The van der Waals surface area contributed by atoms with Crippen LogP contribution < -0.4 is 5.32 Å². The van der Waals surface area contributed by atoms with Gasteiger partial charge in [0.2, 0.25) is 5.91 Å². The van der Waals surface area contributed by atoms with Gasteiger partial charge in [-0.1, -0.05) is 90.1 Å². The quantitative estimate of drug-likeness (QED) is 0.295. The first-order valence-corrected chi connectivity index (χ1v) is 12.0. The topological polar surface area (TPSA) is 71.6 Å². The maximum absolute atomic E-state index is 12.4. The van der Waals surface area contributed by atoms with Gasteiger partial charge >= 0.3 is 0 Å². The van der Waals surface area contributed by atoms with Crippen molar-refractivity contribution in [3.8, 4) is 16.9 Å². The van der Waals surface area contributed by atoms with Gasteiger partial charge < -0.3 is 5.32 Å². The van der Waals surface area contributed by atoms with Crippen LogP contribution in [0.3, 0.4) is 0 Å². The summed E-state index contributed by atoms with van der Waals surface area (Å²) < 4.78 is 1.82. The molecule has 0 radical (unpaired) electrons. The smallest absolute Gasteiger partial charge is 0.239 e. The number of amidine groups is 1. The zero-order valence-corrected chi connectivity index (χ0v) is 19.6. The van der Waals surface area contributed by atoms with Crippen LogP contribution in [0.25, 0.3) is 16.9 Å². The van der Waals surface area contributed by atoms with Gasteiger partial charge in [0.15, 0.2) is 5.17 Å². The van der Waals surface area contributed by atoms with Gasteiger partial charge in [-0.3, -0.25) is 4.79 Å². The molecule has 1 fully saturated rings. The molecule has 3 aromatic carbocycles. The molecule has 0 bridgehead atoms. The zero-order valence-electron chi connectivity index (χ0n) is 18.0. The maximum atomic E-state index is 12.4. The van der Waals surface area contributed by atoms with Gasteiger partial charge in [0.1, 0.15) is 5.69 Å². The summed E-state index contributed by atoms with van der Waals surface area (Å²) in [5.41, 5.74) is 4.48. The van der Waals surface area contributed by atoms with Crippen molar-refractivity contribution in [3.63, 3.8) is 0 Å². The molecule has 1 aromatic heterocycles. The Morgan fingerprint density at radius 2 is 1.71 bits per heavy atom. The average molecular weight is 486 g/mol. The molecule has 0 aliphatic carbocycles. The summed E-state index contributed by atoms with van der Waals surface area (Å²) in [6.07, 6.45) is 4.11. The van der Waals surface area contributed by atoms with E-state index in [4.69, 9.17) is 16.7 Å². The molecule has 0 spiro atoms. The Balaban J connectivity index is 1.37. The molecule has 0 saturated carbocycles. The van der Waals surface area contributed by atoms with E-state index in [2.05, 4.69) is 15.5 Å². The van der Waals surface area contributed by atoms with Crippen LogP contribution in [0, 0.1) is 0 Å². The Morgan fingerprint density at radius 1 is 1.00 bits per heavy atom. The average Bonchev–Trinajstić information content (AvgIpc) is 3.45. The molecule has 4 aromatic rings. The van der Waals surface area contributed by atoms with Crippen molar-refractivity contribution in [2.45, 2.75) is 11.7 Å². The fourth-order valence-electron chi connectivity index (χ4n) is 3.61. The normalized spacial score (nSPS) is 16.9. The number of halogens is 1. The summed E-state index contributed by atoms with van der Waals surface area (Å²) in [7, 11) is 0. The first-order valence-electron chi connectivity index (χ1n) is 10.7. The van der Waals surface area contributed by atoms with Crippen LogP contribution in [0.1, 0.15) is 11.1 Å². The highest BCUT2D eigenvalue weighted by atomic mass is 35.5. The van der Waals surface area contributed by atoms with Crippen molar-refractivity contribution < 1.29 is 4.79 Å². The second-order valence-electron chi connectivity index (χ2n) is 7.62. The van der Waals surface area contributed by atoms with Crippen molar-refractivity contribution in [1.82, 2.24) is 15.1 Å². The molecule has 6 nitrogen and oxygen atoms in total. The highest BCUT2D eigenvalue weighted by molar-refractivity contribution is 8.15. The van der Waals surface area contributed by atoms with Crippen LogP contribution in [-0.4, -0.2) is 32.3 Å². The number of rotatable bonds is 6. The third-order valence-electron chi connectivity index (χ3n) is 5.30. The Morgan fingerprint density at radius 3 is 2.47 bits per heavy atom. The molecule has 1 aliphatic heterocycles. The molecule has 1 N–H and O–H groups in total. The molecular formula is C26H20ClN5OS. The van der Waals surface area contributed by atoms with Crippen LogP contribution >= 0.6 is 23.4 Å². The Bertz CT molecular complexity index is 1370. The highest BCUT2D eigenvalue weighted by Crippen LogP contribution is 2.27.